The maximum absolute atomic E-state index is 11.2. The van der Waals surface area contributed by atoms with Crippen molar-refractivity contribution in [1.82, 2.24) is 34.3 Å². The van der Waals surface area contributed by atoms with E-state index in [1.54, 1.807) is 6.92 Å². The van der Waals surface area contributed by atoms with Gasteiger partial charge in [-0.05, 0) is 26.0 Å². The van der Waals surface area contributed by atoms with E-state index in [4.69, 9.17) is 4.98 Å². The summed E-state index contributed by atoms with van der Waals surface area (Å²) in [5.74, 6) is 3.15. The molecule has 10 nitrogen and oxygen atoms in total. The van der Waals surface area contributed by atoms with E-state index in [-0.39, 0.29) is 6.42 Å². The largest absolute Gasteiger partial charge is 0.481 e. The standard InChI is InChI=1S/C21H22N8O2/c1-12-22-17(8-18(23-12)29-19(9-20(30)31)24-13(2)26-29)28-10-14(11-28)21-25-15-6-4-5-7-16(15)27(21)3/h4-8,14H,9-11H2,1-3H3,(H,30,31). The van der Waals surface area contributed by atoms with Crippen LogP contribution in [0, 0.1) is 13.8 Å². The summed E-state index contributed by atoms with van der Waals surface area (Å²) in [5.41, 5.74) is 2.13. The number of carboxylic acids is 1. The first-order chi connectivity index (χ1) is 14.9. The first kappa shape index (κ1) is 19.2. The Morgan fingerprint density at radius 3 is 2.55 bits per heavy atom. The fourth-order valence-electron chi connectivity index (χ4n) is 4.06. The number of aryl methyl sites for hydroxylation is 3. The molecule has 0 atom stereocenters. The molecule has 1 aliphatic heterocycles. The molecule has 31 heavy (non-hydrogen) atoms. The van der Waals surface area contributed by atoms with Crippen LogP contribution < -0.4 is 4.90 Å². The van der Waals surface area contributed by atoms with Crippen molar-refractivity contribution in [1.29, 1.82) is 0 Å². The maximum Gasteiger partial charge on any atom is 0.311 e. The van der Waals surface area contributed by atoms with Gasteiger partial charge in [-0.15, -0.1) is 5.10 Å². The summed E-state index contributed by atoms with van der Waals surface area (Å²) in [4.78, 5) is 31.4. The number of carbonyl (C=O) groups is 1. The Labute approximate surface area is 178 Å². The molecule has 1 fully saturated rings. The molecule has 5 rings (SSSR count). The van der Waals surface area contributed by atoms with Crippen LogP contribution in [0.25, 0.3) is 16.9 Å². The number of hydrogen-bond donors (Lipinski definition) is 1. The molecule has 0 radical (unpaired) electrons. The van der Waals surface area contributed by atoms with E-state index in [1.807, 2.05) is 31.2 Å². The maximum atomic E-state index is 11.2. The highest BCUT2D eigenvalue weighted by Gasteiger charge is 2.33. The van der Waals surface area contributed by atoms with Crippen molar-refractivity contribution in [3.63, 3.8) is 0 Å². The van der Waals surface area contributed by atoms with Gasteiger partial charge in [-0.25, -0.2) is 19.9 Å². The number of aliphatic carboxylic acids is 1. The Morgan fingerprint density at radius 1 is 1.06 bits per heavy atom. The lowest BCUT2D eigenvalue weighted by Gasteiger charge is -2.39. The quantitative estimate of drug-likeness (QED) is 0.522. The van der Waals surface area contributed by atoms with Gasteiger partial charge in [0.15, 0.2) is 5.82 Å². The molecular weight excluding hydrogens is 396 g/mol. The SMILES string of the molecule is Cc1nc(N2CC(c3nc4ccccc4n3C)C2)cc(-n2nc(C)nc2CC(=O)O)n1. The molecule has 0 spiro atoms. The van der Waals surface area contributed by atoms with E-state index in [2.05, 4.69) is 42.6 Å². The fourth-order valence-corrected chi connectivity index (χ4v) is 4.06. The van der Waals surface area contributed by atoms with Gasteiger partial charge in [0.2, 0.25) is 0 Å². The molecular formula is C21H22N8O2. The molecule has 3 aromatic heterocycles. The van der Waals surface area contributed by atoms with Crippen molar-refractivity contribution in [2.45, 2.75) is 26.2 Å². The zero-order valence-electron chi connectivity index (χ0n) is 17.5. The number of benzene rings is 1. The number of fused-ring (bicyclic) bond motifs is 1. The van der Waals surface area contributed by atoms with Gasteiger partial charge in [0, 0.05) is 26.2 Å². The molecule has 0 saturated carbocycles. The number of para-hydroxylation sites is 2. The minimum Gasteiger partial charge on any atom is -0.481 e. The second kappa shape index (κ2) is 7.15. The minimum absolute atomic E-state index is 0.224. The van der Waals surface area contributed by atoms with Crippen LogP contribution in [-0.4, -0.2) is 58.4 Å². The minimum atomic E-state index is -0.965. The van der Waals surface area contributed by atoms with E-state index in [0.29, 0.717) is 29.2 Å². The lowest BCUT2D eigenvalue weighted by molar-refractivity contribution is -0.136. The summed E-state index contributed by atoms with van der Waals surface area (Å²) in [6.45, 7) is 5.14. The van der Waals surface area contributed by atoms with Crippen LogP contribution in [0.1, 0.15) is 29.2 Å². The topological polar surface area (TPSA) is 115 Å². The highest BCUT2D eigenvalue weighted by molar-refractivity contribution is 5.76. The normalized spacial score (nSPS) is 14.2. The molecule has 10 heteroatoms. The van der Waals surface area contributed by atoms with Gasteiger partial charge in [0.25, 0.3) is 0 Å². The number of hydrogen-bond acceptors (Lipinski definition) is 7. The molecule has 158 valence electrons. The van der Waals surface area contributed by atoms with Crippen LogP contribution in [0.5, 0.6) is 0 Å². The Hall–Kier alpha value is -3.82. The molecule has 0 aliphatic carbocycles. The van der Waals surface area contributed by atoms with E-state index < -0.39 is 5.97 Å². The van der Waals surface area contributed by atoms with Gasteiger partial charge in [-0.3, -0.25) is 4.79 Å². The van der Waals surface area contributed by atoms with Crippen LogP contribution in [-0.2, 0) is 18.3 Å². The molecule has 0 bridgehead atoms. The summed E-state index contributed by atoms with van der Waals surface area (Å²) >= 11 is 0. The van der Waals surface area contributed by atoms with Gasteiger partial charge in [-0.1, -0.05) is 12.1 Å². The predicted octanol–water partition coefficient (Wildman–Crippen LogP) is 1.79. The zero-order valence-corrected chi connectivity index (χ0v) is 17.5. The number of nitrogens with zero attached hydrogens (tertiary/aromatic N) is 8. The molecule has 1 N–H and O–H groups in total. The Bertz CT molecular complexity index is 1300. The summed E-state index contributed by atoms with van der Waals surface area (Å²) < 4.78 is 3.65. The highest BCUT2D eigenvalue weighted by atomic mass is 16.4. The molecule has 4 aromatic rings. The number of rotatable bonds is 5. The molecule has 4 heterocycles. The van der Waals surface area contributed by atoms with Crippen molar-refractivity contribution in [2.24, 2.45) is 7.05 Å². The number of anilines is 1. The molecule has 0 amide bonds. The number of imidazole rings is 1. The third-order valence-corrected chi connectivity index (χ3v) is 5.51. The molecule has 0 unspecified atom stereocenters. The van der Waals surface area contributed by atoms with Gasteiger partial charge >= 0.3 is 5.97 Å². The van der Waals surface area contributed by atoms with E-state index in [1.165, 1.54) is 4.68 Å². The fraction of sp³-hybridized carbons (Fsp3) is 0.333. The Morgan fingerprint density at radius 2 is 1.81 bits per heavy atom. The van der Waals surface area contributed by atoms with Crippen molar-refractivity contribution >= 4 is 22.8 Å². The third-order valence-electron chi connectivity index (χ3n) is 5.51. The molecule has 1 saturated heterocycles. The Balaban J connectivity index is 1.41. The summed E-state index contributed by atoms with van der Waals surface area (Å²) in [7, 11) is 2.05. The second-order valence-electron chi connectivity index (χ2n) is 7.81. The van der Waals surface area contributed by atoms with Crippen LogP contribution in [0.2, 0.25) is 0 Å². The van der Waals surface area contributed by atoms with Crippen molar-refractivity contribution in [2.75, 3.05) is 18.0 Å². The second-order valence-corrected chi connectivity index (χ2v) is 7.81. The van der Waals surface area contributed by atoms with E-state index >= 15 is 0 Å². The summed E-state index contributed by atoms with van der Waals surface area (Å²) in [5, 5.41) is 13.5. The number of carboxylic acid groups (broad SMARTS) is 1. The average molecular weight is 418 g/mol. The lowest BCUT2D eigenvalue weighted by Crippen LogP contribution is -2.46. The smallest absolute Gasteiger partial charge is 0.311 e. The van der Waals surface area contributed by atoms with Crippen LogP contribution in [0.3, 0.4) is 0 Å². The van der Waals surface area contributed by atoms with Gasteiger partial charge in [0.1, 0.15) is 35.5 Å². The van der Waals surface area contributed by atoms with Crippen molar-refractivity contribution in [3.05, 3.63) is 53.6 Å². The molecule has 1 aliphatic rings. The first-order valence-corrected chi connectivity index (χ1v) is 10.1. The lowest BCUT2D eigenvalue weighted by atomic mass is 9.99. The van der Waals surface area contributed by atoms with E-state index in [9.17, 15) is 9.90 Å². The van der Waals surface area contributed by atoms with Crippen LogP contribution in [0.4, 0.5) is 5.82 Å². The monoisotopic (exact) mass is 418 g/mol. The predicted molar refractivity (Wildman–Crippen MR) is 113 cm³/mol. The third kappa shape index (κ3) is 3.39. The highest BCUT2D eigenvalue weighted by Crippen LogP contribution is 2.32. The van der Waals surface area contributed by atoms with Crippen LogP contribution in [0.15, 0.2) is 30.3 Å². The molecule has 1 aromatic carbocycles. The number of aromatic nitrogens is 7. The zero-order chi connectivity index (χ0) is 21.7. The van der Waals surface area contributed by atoms with Gasteiger partial charge < -0.3 is 14.6 Å². The first-order valence-electron chi connectivity index (χ1n) is 10.1. The summed E-state index contributed by atoms with van der Waals surface area (Å²) in [6.07, 6.45) is -0.224. The van der Waals surface area contributed by atoms with E-state index in [0.717, 1.165) is 35.8 Å². The van der Waals surface area contributed by atoms with Gasteiger partial charge in [-0.2, -0.15) is 4.68 Å². The summed E-state index contributed by atoms with van der Waals surface area (Å²) in [6, 6.07) is 9.97. The van der Waals surface area contributed by atoms with Gasteiger partial charge in [0.05, 0.1) is 17.0 Å². The Kier molecular flexibility index (Phi) is 4.42. The van der Waals surface area contributed by atoms with Crippen molar-refractivity contribution < 1.29 is 9.90 Å². The van der Waals surface area contributed by atoms with Crippen LogP contribution >= 0.6 is 0 Å². The average Bonchev–Trinajstić information content (AvgIpc) is 3.20. The van der Waals surface area contributed by atoms with Crippen molar-refractivity contribution in [3.8, 4) is 5.82 Å².